The standard InChI is InChI=1S/C13H14F4N2O/c1-7-9(4-5-18-7)12(20)19-11-6-8(13(15,16)17)2-3-10(11)14/h2-3,6-7,9,18H,4-5H2,1H3,(H,19,20). The molecule has 0 spiro atoms. The molecule has 1 heterocycles. The summed E-state index contributed by atoms with van der Waals surface area (Å²) in [7, 11) is 0. The van der Waals surface area contributed by atoms with E-state index in [2.05, 4.69) is 10.6 Å². The summed E-state index contributed by atoms with van der Waals surface area (Å²) < 4.78 is 51.2. The fourth-order valence-electron chi connectivity index (χ4n) is 2.24. The largest absolute Gasteiger partial charge is 0.416 e. The summed E-state index contributed by atoms with van der Waals surface area (Å²) >= 11 is 0. The smallest absolute Gasteiger partial charge is 0.323 e. The van der Waals surface area contributed by atoms with Crippen molar-refractivity contribution in [1.82, 2.24) is 5.32 Å². The van der Waals surface area contributed by atoms with Crippen molar-refractivity contribution in [2.75, 3.05) is 11.9 Å². The average Bonchev–Trinajstić information content (AvgIpc) is 2.77. The third kappa shape index (κ3) is 3.09. The summed E-state index contributed by atoms with van der Waals surface area (Å²) in [5.41, 5.74) is -1.43. The van der Waals surface area contributed by atoms with E-state index in [-0.39, 0.29) is 12.0 Å². The monoisotopic (exact) mass is 290 g/mol. The zero-order chi connectivity index (χ0) is 14.9. The van der Waals surface area contributed by atoms with Crippen LogP contribution in [0, 0.1) is 11.7 Å². The van der Waals surface area contributed by atoms with Gasteiger partial charge >= 0.3 is 6.18 Å². The van der Waals surface area contributed by atoms with Crippen molar-refractivity contribution in [2.24, 2.45) is 5.92 Å². The van der Waals surface area contributed by atoms with Gasteiger partial charge in [-0.2, -0.15) is 13.2 Å². The van der Waals surface area contributed by atoms with Crippen molar-refractivity contribution in [3.8, 4) is 0 Å². The molecule has 0 aliphatic carbocycles. The summed E-state index contributed by atoms with van der Waals surface area (Å²) in [5.74, 6) is -1.73. The van der Waals surface area contributed by atoms with Crippen LogP contribution in [0.2, 0.25) is 0 Å². The van der Waals surface area contributed by atoms with Crippen LogP contribution in [-0.4, -0.2) is 18.5 Å². The van der Waals surface area contributed by atoms with Crippen LogP contribution in [0.25, 0.3) is 0 Å². The fraction of sp³-hybridized carbons (Fsp3) is 0.462. The first-order valence-corrected chi connectivity index (χ1v) is 6.20. The predicted molar refractivity (Wildman–Crippen MR) is 65.6 cm³/mol. The number of nitrogens with one attached hydrogen (secondary N) is 2. The zero-order valence-corrected chi connectivity index (χ0v) is 10.7. The molecule has 0 radical (unpaired) electrons. The molecular formula is C13H14F4N2O. The molecule has 1 aromatic rings. The molecule has 3 nitrogen and oxygen atoms in total. The zero-order valence-electron chi connectivity index (χ0n) is 10.7. The number of hydrogen-bond donors (Lipinski definition) is 2. The number of alkyl halides is 3. The summed E-state index contributed by atoms with van der Waals surface area (Å²) in [6.07, 6.45) is -4.00. The number of benzene rings is 1. The van der Waals surface area contributed by atoms with Gasteiger partial charge < -0.3 is 10.6 Å². The second-order valence-corrected chi connectivity index (χ2v) is 4.82. The van der Waals surface area contributed by atoms with Crippen LogP contribution in [0.15, 0.2) is 18.2 Å². The second-order valence-electron chi connectivity index (χ2n) is 4.82. The molecule has 1 aromatic carbocycles. The highest BCUT2D eigenvalue weighted by Gasteiger charge is 2.33. The number of carbonyl (C=O) groups is 1. The minimum absolute atomic E-state index is 0.0798. The van der Waals surface area contributed by atoms with Crippen molar-refractivity contribution >= 4 is 11.6 Å². The van der Waals surface area contributed by atoms with Gasteiger partial charge in [-0.1, -0.05) is 0 Å². The predicted octanol–water partition coefficient (Wildman–Crippen LogP) is 2.78. The van der Waals surface area contributed by atoms with Gasteiger partial charge in [-0.3, -0.25) is 4.79 Å². The third-order valence-corrected chi connectivity index (χ3v) is 3.41. The Balaban J connectivity index is 2.18. The van der Waals surface area contributed by atoms with E-state index in [4.69, 9.17) is 0 Å². The Kier molecular flexibility index (Phi) is 3.99. The van der Waals surface area contributed by atoms with Crippen LogP contribution in [-0.2, 0) is 11.0 Å². The molecule has 0 bridgehead atoms. The minimum atomic E-state index is -4.57. The number of hydrogen-bond acceptors (Lipinski definition) is 2. The van der Waals surface area contributed by atoms with Crippen LogP contribution < -0.4 is 10.6 Å². The van der Waals surface area contributed by atoms with Gasteiger partial charge in [0.15, 0.2) is 0 Å². The van der Waals surface area contributed by atoms with Crippen LogP contribution in [0.1, 0.15) is 18.9 Å². The highest BCUT2D eigenvalue weighted by Crippen LogP contribution is 2.32. The summed E-state index contributed by atoms with van der Waals surface area (Å²) in [6.45, 7) is 2.46. The Bertz CT molecular complexity index is 516. The second kappa shape index (κ2) is 5.40. The number of halogens is 4. The topological polar surface area (TPSA) is 41.1 Å². The molecular weight excluding hydrogens is 276 g/mol. The van der Waals surface area contributed by atoms with Gasteiger partial charge in [-0.15, -0.1) is 0 Å². The Hall–Kier alpha value is -1.63. The van der Waals surface area contributed by atoms with Gasteiger partial charge in [0.2, 0.25) is 5.91 Å². The molecule has 1 amide bonds. The lowest BCUT2D eigenvalue weighted by Gasteiger charge is -2.16. The maximum absolute atomic E-state index is 13.5. The van der Waals surface area contributed by atoms with Crippen molar-refractivity contribution < 1.29 is 22.4 Å². The maximum atomic E-state index is 13.5. The van der Waals surface area contributed by atoms with Crippen LogP contribution >= 0.6 is 0 Å². The Morgan fingerprint density at radius 1 is 1.40 bits per heavy atom. The van der Waals surface area contributed by atoms with Crippen LogP contribution in [0.4, 0.5) is 23.2 Å². The first-order chi connectivity index (χ1) is 9.29. The molecule has 0 aromatic heterocycles. The number of rotatable bonds is 2. The average molecular weight is 290 g/mol. The number of anilines is 1. The Morgan fingerprint density at radius 2 is 2.10 bits per heavy atom. The van der Waals surface area contributed by atoms with Gasteiger partial charge in [0.05, 0.1) is 17.2 Å². The fourth-order valence-corrected chi connectivity index (χ4v) is 2.24. The molecule has 2 atom stereocenters. The quantitative estimate of drug-likeness (QED) is 0.822. The van der Waals surface area contributed by atoms with E-state index in [0.717, 1.165) is 0 Å². The lowest BCUT2D eigenvalue weighted by atomic mass is 10.0. The molecule has 2 unspecified atom stereocenters. The van der Waals surface area contributed by atoms with Gasteiger partial charge in [-0.25, -0.2) is 4.39 Å². The van der Waals surface area contributed by atoms with Gasteiger partial charge in [0.1, 0.15) is 5.82 Å². The molecule has 1 fully saturated rings. The molecule has 20 heavy (non-hydrogen) atoms. The molecule has 110 valence electrons. The van der Waals surface area contributed by atoms with Crippen molar-refractivity contribution in [3.63, 3.8) is 0 Å². The molecule has 1 aliphatic rings. The van der Waals surface area contributed by atoms with Crippen molar-refractivity contribution in [1.29, 1.82) is 0 Å². The normalized spacial score (nSPS) is 22.9. The molecule has 2 rings (SSSR count). The highest BCUT2D eigenvalue weighted by atomic mass is 19.4. The maximum Gasteiger partial charge on any atom is 0.416 e. The minimum Gasteiger partial charge on any atom is -0.323 e. The van der Waals surface area contributed by atoms with E-state index in [1.807, 2.05) is 0 Å². The molecule has 1 saturated heterocycles. The molecule has 1 aliphatic heterocycles. The molecule has 0 saturated carbocycles. The van der Waals surface area contributed by atoms with E-state index >= 15 is 0 Å². The van der Waals surface area contributed by atoms with E-state index < -0.39 is 29.2 Å². The summed E-state index contributed by atoms with van der Waals surface area (Å²) in [6, 6.07) is 1.88. The summed E-state index contributed by atoms with van der Waals surface area (Å²) in [4.78, 5) is 11.9. The molecule has 7 heteroatoms. The van der Waals surface area contributed by atoms with E-state index in [0.29, 0.717) is 31.2 Å². The third-order valence-electron chi connectivity index (χ3n) is 3.41. The van der Waals surface area contributed by atoms with Gasteiger partial charge in [0.25, 0.3) is 0 Å². The first-order valence-electron chi connectivity index (χ1n) is 6.20. The lowest BCUT2D eigenvalue weighted by molar-refractivity contribution is -0.137. The number of carbonyl (C=O) groups excluding carboxylic acids is 1. The lowest BCUT2D eigenvalue weighted by Crippen LogP contribution is -2.32. The van der Waals surface area contributed by atoms with Gasteiger partial charge in [0, 0.05) is 6.04 Å². The Morgan fingerprint density at radius 3 is 2.65 bits per heavy atom. The van der Waals surface area contributed by atoms with Crippen LogP contribution in [0.5, 0.6) is 0 Å². The van der Waals surface area contributed by atoms with E-state index in [1.54, 1.807) is 6.92 Å². The molecule has 2 N–H and O–H groups in total. The van der Waals surface area contributed by atoms with E-state index in [9.17, 15) is 22.4 Å². The first kappa shape index (κ1) is 14.8. The van der Waals surface area contributed by atoms with Crippen LogP contribution in [0.3, 0.4) is 0 Å². The van der Waals surface area contributed by atoms with Crippen molar-refractivity contribution in [2.45, 2.75) is 25.6 Å². The van der Waals surface area contributed by atoms with Crippen molar-refractivity contribution in [3.05, 3.63) is 29.6 Å². The summed E-state index contributed by atoms with van der Waals surface area (Å²) in [5, 5.41) is 5.29. The number of amides is 1. The highest BCUT2D eigenvalue weighted by molar-refractivity contribution is 5.93. The van der Waals surface area contributed by atoms with Gasteiger partial charge in [-0.05, 0) is 38.1 Å². The SMILES string of the molecule is CC1NCCC1C(=O)Nc1cc(C(F)(F)F)ccc1F. The van der Waals surface area contributed by atoms with E-state index in [1.165, 1.54) is 0 Å². The Labute approximate surface area is 113 Å².